The summed E-state index contributed by atoms with van der Waals surface area (Å²) in [5.74, 6) is 0.174. The molecular formula is C12H17NO. The molecule has 0 amide bonds. The molecule has 0 fully saturated rings. The lowest BCUT2D eigenvalue weighted by Gasteiger charge is -2.06. The van der Waals surface area contributed by atoms with Gasteiger partial charge in [0.1, 0.15) is 0 Å². The lowest BCUT2D eigenvalue weighted by molar-refractivity contribution is 0.0991. The van der Waals surface area contributed by atoms with E-state index < -0.39 is 0 Å². The average Bonchev–Trinajstić information content (AvgIpc) is 2.18. The summed E-state index contributed by atoms with van der Waals surface area (Å²) in [5, 5.41) is 3.04. The minimum Gasteiger partial charge on any atom is -0.310 e. The number of carbonyl (C=O) groups excluding carboxylic acids is 1. The lowest BCUT2D eigenvalue weighted by atomic mass is 10.0. The van der Waals surface area contributed by atoms with E-state index in [1.807, 2.05) is 39.0 Å². The molecule has 2 heteroatoms. The van der Waals surface area contributed by atoms with Crippen LogP contribution in [0, 0.1) is 13.8 Å². The van der Waals surface area contributed by atoms with Gasteiger partial charge >= 0.3 is 0 Å². The Hall–Kier alpha value is -1.15. The number of carbonyl (C=O) groups is 1. The first-order valence-corrected chi connectivity index (χ1v) is 4.96. The molecule has 1 rings (SSSR count). The molecule has 2 nitrogen and oxygen atoms in total. The highest BCUT2D eigenvalue weighted by atomic mass is 16.1. The molecule has 0 aliphatic carbocycles. The van der Waals surface area contributed by atoms with Crippen molar-refractivity contribution in [1.29, 1.82) is 0 Å². The molecule has 0 aliphatic rings. The third-order valence-corrected chi connectivity index (χ3v) is 2.23. The van der Waals surface area contributed by atoms with Crippen LogP contribution < -0.4 is 5.32 Å². The zero-order valence-corrected chi connectivity index (χ0v) is 9.05. The molecule has 0 saturated carbocycles. The van der Waals surface area contributed by atoms with Crippen molar-refractivity contribution >= 4 is 5.78 Å². The number of rotatable bonds is 4. The zero-order valence-electron chi connectivity index (χ0n) is 9.05. The molecule has 76 valence electrons. The Morgan fingerprint density at radius 3 is 2.71 bits per heavy atom. The van der Waals surface area contributed by atoms with Gasteiger partial charge in [-0.2, -0.15) is 0 Å². The molecule has 1 N–H and O–H groups in total. The quantitative estimate of drug-likeness (QED) is 0.738. The maximum atomic E-state index is 11.7. The molecule has 1 aromatic carbocycles. The van der Waals surface area contributed by atoms with Crippen molar-refractivity contribution in [2.45, 2.75) is 20.8 Å². The van der Waals surface area contributed by atoms with Crippen molar-refractivity contribution in [3.63, 3.8) is 0 Å². The van der Waals surface area contributed by atoms with Gasteiger partial charge in [-0.25, -0.2) is 0 Å². The van der Waals surface area contributed by atoms with Gasteiger partial charge in [-0.1, -0.05) is 24.6 Å². The van der Waals surface area contributed by atoms with Crippen LogP contribution in [0.15, 0.2) is 18.2 Å². The van der Waals surface area contributed by atoms with Gasteiger partial charge in [0.25, 0.3) is 0 Å². The third kappa shape index (κ3) is 2.67. The summed E-state index contributed by atoms with van der Waals surface area (Å²) in [5.41, 5.74) is 3.03. The summed E-state index contributed by atoms with van der Waals surface area (Å²) in [7, 11) is 0. The minimum atomic E-state index is 0.174. The van der Waals surface area contributed by atoms with Crippen molar-refractivity contribution in [2.24, 2.45) is 0 Å². The highest BCUT2D eigenvalue weighted by molar-refractivity contribution is 5.99. The van der Waals surface area contributed by atoms with E-state index in [0.717, 1.165) is 23.2 Å². The number of nitrogens with one attached hydrogen (secondary N) is 1. The SMILES string of the molecule is CCNCC(=O)c1cc(C)ccc1C. The van der Waals surface area contributed by atoms with E-state index in [0.29, 0.717) is 6.54 Å². The molecule has 0 heterocycles. The molecule has 0 aliphatic heterocycles. The summed E-state index contributed by atoms with van der Waals surface area (Å²) in [4.78, 5) is 11.7. The fourth-order valence-electron chi connectivity index (χ4n) is 1.37. The molecule has 0 aromatic heterocycles. The van der Waals surface area contributed by atoms with E-state index in [1.54, 1.807) is 0 Å². The van der Waals surface area contributed by atoms with Gasteiger partial charge in [0.05, 0.1) is 6.54 Å². The number of benzene rings is 1. The van der Waals surface area contributed by atoms with Gasteiger partial charge in [-0.3, -0.25) is 4.79 Å². The summed E-state index contributed by atoms with van der Waals surface area (Å²) >= 11 is 0. The minimum absolute atomic E-state index is 0.174. The summed E-state index contributed by atoms with van der Waals surface area (Å²) in [6.07, 6.45) is 0. The second-order valence-corrected chi connectivity index (χ2v) is 3.52. The first kappa shape index (κ1) is 10.9. The second-order valence-electron chi connectivity index (χ2n) is 3.52. The molecule has 14 heavy (non-hydrogen) atoms. The van der Waals surface area contributed by atoms with Gasteiger partial charge < -0.3 is 5.32 Å². The largest absolute Gasteiger partial charge is 0.310 e. The zero-order chi connectivity index (χ0) is 10.6. The van der Waals surface area contributed by atoms with E-state index in [1.165, 1.54) is 0 Å². The van der Waals surface area contributed by atoms with Crippen molar-refractivity contribution in [3.05, 3.63) is 34.9 Å². The molecule has 1 aromatic rings. The van der Waals surface area contributed by atoms with Crippen LogP contribution >= 0.6 is 0 Å². The maximum Gasteiger partial charge on any atom is 0.176 e. The van der Waals surface area contributed by atoms with E-state index in [-0.39, 0.29) is 5.78 Å². The third-order valence-electron chi connectivity index (χ3n) is 2.23. The van der Waals surface area contributed by atoms with Crippen LogP contribution in [0.4, 0.5) is 0 Å². The van der Waals surface area contributed by atoms with Crippen LogP contribution in [-0.2, 0) is 0 Å². The fourth-order valence-corrected chi connectivity index (χ4v) is 1.37. The van der Waals surface area contributed by atoms with Gasteiger partial charge in [-0.05, 0) is 32.0 Å². The number of likely N-dealkylation sites (N-methyl/N-ethyl adjacent to an activating group) is 1. The highest BCUT2D eigenvalue weighted by Crippen LogP contribution is 2.10. The molecule has 0 bridgehead atoms. The molecule has 0 saturated heterocycles. The van der Waals surface area contributed by atoms with Crippen LogP contribution in [0.2, 0.25) is 0 Å². The lowest BCUT2D eigenvalue weighted by Crippen LogP contribution is -2.23. The number of ketones is 1. The van der Waals surface area contributed by atoms with E-state index in [9.17, 15) is 4.79 Å². The second kappa shape index (κ2) is 4.91. The van der Waals surface area contributed by atoms with Crippen molar-refractivity contribution in [2.75, 3.05) is 13.1 Å². The predicted molar refractivity (Wildman–Crippen MR) is 58.8 cm³/mol. The fraction of sp³-hybridized carbons (Fsp3) is 0.417. The number of hydrogen-bond acceptors (Lipinski definition) is 2. The first-order chi connectivity index (χ1) is 6.65. The Bertz CT molecular complexity index is 331. The average molecular weight is 191 g/mol. The van der Waals surface area contributed by atoms with Crippen LogP contribution in [0.5, 0.6) is 0 Å². The molecule has 0 spiro atoms. The Kier molecular flexibility index (Phi) is 3.84. The summed E-state index contributed by atoms with van der Waals surface area (Å²) < 4.78 is 0. The van der Waals surface area contributed by atoms with Gasteiger partial charge in [-0.15, -0.1) is 0 Å². The van der Waals surface area contributed by atoms with Crippen molar-refractivity contribution < 1.29 is 4.79 Å². The van der Waals surface area contributed by atoms with Gasteiger partial charge in [0.2, 0.25) is 0 Å². The van der Waals surface area contributed by atoms with Gasteiger partial charge in [0.15, 0.2) is 5.78 Å². The smallest absolute Gasteiger partial charge is 0.176 e. The Morgan fingerprint density at radius 2 is 2.07 bits per heavy atom. The van der Waals surface area contributed by atoms with Gasteiger partial charge in [0, 0.05) is 5.56 Å². The maximum absolute atomic E-state index is 11.7. The Labute approximate surface area is 85.3 Å². The van der Waals surface area contributed by atoms with E-state index in [2.05, 4.69) is 5.32 Å². The van der Waals surface area contributed by atoms with E-state index >= 15 is 0 Å². The molecule has 0 radical (unpaired) electrons. The monoisotopic (exact) mass is 191 g/mol. The number of hydrogen-bond donors (Lipinski definition) is 1. The summed E-state index contributed by atoms with van der Waals surface area (Å²) in [6.45, 7) is 7.23. The van der Waals surface area contributed by atoms with Crippen LogP contribution in [0.3, 0.4) is 0 Å². The normalized spacial score (nSPS) is 10.2. The van der Waals surface area contributed by atoms with E-state index in [4.69, 9.17) is 0 Å². The number of Topliss-reactive ketones (excluding diaryl/α,β-unsaturated/α-hetero) is 1. The van der Waals surface area contributed by atoms with Crippen molar-refractivity contribution in [1.82, 2.24) is 5.32 Å². The molecule has 0 atom stereocenters. The Balaban J connectivity index is 2.83. The first-order valence-electron chi connectivity index (χ1n) is 4.96. The summed E-state index contributed by atoms with van der Waals surface area (Å²) in [6, 6.07) is 5.98. The number of aryl methyl sites for hydroxylation is 2. The standard InChI is InChI=1S/C12H17NO/c1-4-13-8-12(14)11-7-9(2)5-6-10(11)3/h5-7,13H,4,8H2,1-3H3. The Morgan fingerprint density at radius 1 is 1.36 bits per heavy atom. The van der Waals surface area contributed by atoms with Crippen LogP contribution in [-0.4, -0.2) is 18.9 Å². The topological polar surface area (TPSA) is 29.1 Å². The van der Waals surface area contributed by atoms with Crippen LogP contribution in [0.25, 0.3) is 0 Å². The van der Waals surface area contributed by atoms with Crippen molar-refractivity contribution in [3.8, 4) is 0 Å². The van der Waals surface area contributed by atoms with Crippen LogP contribution in [0.1, 0.15) is 28.4 Å². The molecule has 0 unspecified atom stereocenters. The molecular weight excluding hydrogens is 174 g/mol. The highest BCUT2D eigenvalue weighted by Gasteiger charge is 2.07. The predicted octanol–water partition coefficient (Wildman–Crippen LogP) is 2.10.